The Labute approximate surface area is 229 Å². The Morgan fingerprint density at radius 3 is 2.70 bits per heavy atom. The van der Waals surface area contributed by atoms with Crippen molar-refractivity contribution in [3.8, 4) is 28.8 Å². The van der Waals surface area contributed by atoms with Gasteiger partial charge in [0.15, 0.2) is 5.65 Å². The molecule has 2 aliphatic rings. The molecule has 2 aromatic heterocycles. The third kappa shape index (κ3) is 4.85. The van der Waals surface area contributed by atoms with Crippen LogP contribution in [0.15, 0.2) is 66.5 Å². The van der Waals surface area contributed by atoms with Crippen LogP contribution >= 0.6 is 0 Å². The number of nitrogens with zero attached hydrogens (tertiary/aromatic N) is 6. The molecule has 1 aliphatic carbocycles. The number of benzene rings is 2. The number of likely N-dealkylation sites (tertiary alicyclic amines) is 1. The lowest BCUT2D eigenvalue weighted by Gasteiger charge is -2.33. The van der Waals surface area contributed by atoms with Crippen LogP contribution in [-0.4, -0.2) is 49.2 Å². The van der Waals surface area contributed by atoms with E-state index in [1.165, 1.54) is 12.4 Å². The van der Waals surface area contributed by atoms with Gasteiger partial charge in [-0.2, -0.15) is 10.4 Å². The van der Waals surface area contributed by atoms with E-state index in [2.05, 4.69) is 9.97 Å². The number of aromatic nitrogens is 4. The molecule has 10 nitrogen and oxygen atoms in total. The van der Waals surface area contributed by atoms with Crippen molar-refractivity contribution >= 4 is 22.8 Å². The van der Waals surface area contributed by atoms with Crippen LogP contribution in [0.1, 0.15) is 31.7 Å². The standard InChI is InChI=1S/C29H27FN8O2/c30-23-13-21(40-20-6-2-1-3-7-20)8-9-22(23)25-24-26(32)34-17-35-27(24)38(36-25)19-5-4-12-37(16-19)28(39)18(15-31)14-29(33)10-11-29/h1-3,6-9,13-14,17,19H,4-5,10-12,16,33H2,(H2,32,34,35)/b18-14+/t19-/m1/s1. The molecule has 0 radical (unpaired) electrons. The summed E-state index contributed by atoms with van der Waals surface area (Å²) in [6.45, 7) is 0.814. The van der Waals surface area contributed by atoms with Crippen LogP contribution in [-0.2, 0) is 4.79 Å². The third-order valence-corrected chi connectivity index (χ3v) is 7.33. The zero-order valence-electron chi connectivity index (χ0n) is 21.6. The molecule has 1 atom stereocenters. The Bertz CT molecular complexity index is 1670. The van der Waals surface area contributed by atoms with Gasteiger partial charge in [0.25, 0.3) is 5.91 Å². The monoisotopic (exact) mass is 538 g/mol. The second-order valence-corrected chi connectivity index (χ2v) is 10.3. The van der Waals surface area contributed by atoms with Crippen LogP contribution in [0.25, 0.3) is 22.3 Å². The highest BCUT2D eigenvalue weighted by atomic mass is 19.1. The molecule has 202 valence electrons. The number of halogens is 1. The zero-order chi connectivity index (χ0) is 27.9. The molecule has 0 bridgehead atoms. The molecule has 11 heteroatoms. The minimum atomic E-state index is -0.566. The Hall–Kier alpha value is -4.82. The number of rotatable bonds is 6. The molecular formula is C29H27FN8O2. The predicted molar refractivity (Wildman–Crippen MR) is 146 cm³/mol. The number of amides is 1. The summed E-state index contributed by atoms with van der Waals surface area (Å²) in [4.78, 5) is 23.4. The van der Waals surface area contributed by atoms with Gasteiger partial charge in [0.1, 0.15) is 46.8 Å². The number of carbonyl (C=O) groups is 1. The molecule has 3 heterocycles. The number of para-hydroxylation sites is 1. The van der Waals surface area contributed by atoms with E-state index in [9.17, 15) is 10.1 Å². The molecule has 1 amide bonds. The maximum absolute atomic E-state index is 15.5. The number of carbonyl (C=O) groups excluding carboxylic acids is 1. The largest absolute Gasteiger partial charge is 0.457 e. The van der Waals surface area contributed by atoms with E-state index < -0.39 is 11.4 Å². The minimum Gasteiger partial charge on any atom is -0.457 e. The molecule has 2 fully saturated rings. The fourth-order valence-electron chi connectivity index (χ4n) is 5.04. The van der Waals surface area contributed by atoms with Crippen molar-refractivity contribution in [2.24, 2.45) is 5.73 Å². The first-order valence-electron chi connectivity index (χ1n) is 13.1. The second-order valence-electron chi connectivity index (χ2n) is 10.3. The Morgan fingerprint density at radius 2 is 1.98 bits per heavy atom. The van der Waals surface area contributed by atoms with Gasteiger partial charge in [-0.15, -0.1) is 0 Å². The van der Waals surface area contributed by atoms with Crippen molar-refractivity contribution < 1.29 is 13.9 Å². The van der Waals surface area contributed by atoms with E-state index >= 15 is 4.39 Å². The van der Waals surface area contributed by atoms with Gasteiger partial charge in [0, 0.05) is 30.3 Å². The fraction of sp³-hybridized carbons (Fsp3) is 0.276. The smallest absolute Gasteiger partial charge is 0.264 e. The maximum atomic E-state index is 15.5. The number of hydrogen-bond acceptors (Lipinski definition) is 8. The topological polar surface area (TPSA) is 149 Å². The quantitative estimate of drug-likeness (QED) is 0.275. The summed E-state index contributed by atoms with van der Waals surface area (Å²) < 4.78 is 22.9. The number of fused-ring (bicyclic) bond motifs is 1. The number of piperidine rings is 1. The van der Waals surface area contributed by atoms with Gasteiger partial charge in [0.2, 0.25) is 0 Å². The van der Waals surface area contributed by atoms with E-state index in [1.54, 1.807) is 39.9 Å². The lowest BCUT2D eigenvalue weighted by Crippen LogP contribution is -2.42. The summed E-state index contributed by atoms with van der Waals surface area (Å²) >= 11 is 0. The molecule has 0 spiro atoms. The molecule has 4 aromatic rings. The highest BCUT2D eigenvalue weighted by molar-refractivity contribution is 5.99. The predicted octanol–water partition coefficient (Wildman–Crippen LogP) is 4.11. The Morgan fingerprint density at radius 1 is 1.18 bits per heavy atom. The first-order valence-corrected chi connectivity index (χ1v) is 13.1. The summed E-state index contributed by atoms with van der Waals surface area (Å²) in [6.07, 6.45) is 5.84. The van der Waals surface area contributed by atoms with Crippen LogP contribution in [0.5, 0.6) is 11.5 Å². The first-order chi connectivity index (χ1) is 19.3. The fourth-order valence-corrected chi connectivity index (χ4v) is 5.04. The van der Waals surface area contributed by atoms with Gasteiger partial charge in [-0.05, 0) is 56.0 Å². The van der Waals surface area contributed by atoms with E-state index in [1.807, 2.05) is 24.3 Å². The molecule has 4 N–H and O–H groups in total. The maximum Gasteiger partial charge on any atom is 0.264 e. The lowest BCUT2D eigenvalue weighted by atomic mass is 10.0. The number of anilines is 1. The molecule has 1 aliphatic heterocycles. The zero-order valence-corrected chi connectivity index (χ0v) is 21.6. The number of nitrogens with two attached hydrogens (primary N) is 2. The second kappa shape index (κ2) is 10.1. The number of nitriles is 1. The van der Waals surface area contributed by atoms with E-state index in [4.69, 9.17) is 21.3 Å². The van der Waals surface area contributed by atoms with E-state index in [-0.39, 0.29) is 28.9 Å². The number of ether oxygens (including phenoxy) is 1. The van der Waals surface area contributed by atoms with Gasteiger partial charge in [-0.1, -0.05) is 18.2 Å². The van der Waals surface area contributed by atoms with Gasteiger partial charge >= 0.3 is 0 Å². The van der Waals surface area contributed by atoms with Gasteiger partial charge < -0.3 is 21.1 Å². The SMILES string of the molecule is N#C/C(=C\C1(N)CC1)C(=O)N1CCC[C@@H](n2nc(-c3ccc(Oc4ccccc4)cc3F)c3c(N)ncnc32)C1. The van der Waals surface area contributed by atoms with E-state index in [0.717, 1.165) is 12.8 Å². The summed E-state index contributed by atoms with van der Waals surface area (Å²) in [7, 11) is 0. The molecule has 40 heavy (non-hydrogen) atoms. The molecule has 0 unspecified atom stereocenters. The number of nitrogen functional groups attached to an aromatic ring is 1. The summed E-state index contributed by atoms with van der Waals surface area (Å²) in [5.41, 5.74) is 12.8. The van der Waals surface area contributed by atoms with Crippen LogP contribution in [0.2, 0.25) is 0 Å². The van der Waals surface area contributed by atoms with Crippen molar-refractivity contribution in [1.29, 1.82) is 5.26 Å². The molecular weight excluding hydrogens is 511 g/mol. The summed E-state index contributed by atoms with van der Waals surface area (Å²) in [5.74, 6) is 0.213. The molecule has 1 saturated carbocycles. The van der Waals surface area contributed by atoms with Crippen LogP contribution < -0.4 is 16.2 Å². The van der Waals surface area contributed by atoms with Crippen LogP contribution in [0, 0.1) is 17.1 Å². The summed E-state index contributed by atoms with van der Waals surface area (Å²) in [5, 5.41) is 14.8. The van der Waals surface area contributed by atoms with E-state index in [0.29, 0.717) is 54.2 Å². The third-order valence-electron chi connectivity index (χ3n) is 7.33. The average molecular weight is 539 g/mol. The van der Waals surface area contributed by atoms with Crippen molar-refractivity contribution in [2.45, 2.75) is 37.3 Å². The Balaban J connectivity index is 1.33. The van der Waals surface area contributed by atoms with Gasteiger partial charge in [-0.3, -0.25) is 4.79 Å². The lowest BCUT2D eigenvalue weighted by molar-refractivity contribution is -0.128. The molecule has 1 saturated heterocycles. The molecule has 6 rings (SSSR count). The van der Waals surface area contributed by atoms with Gasteiger partial charge in [-0.25, -0.2) is 19.0 Å². The normalized spacial score (nSPS) is 18.4. The van der Waals surface area contributed by atoms with Crippen LogP contribution in [0.3, 0.4) is 0 Å². The number of hydrogen-bond donors (Lipinski definition) is 2. The van der Waals surface area contributed by atoms with Crippen molar-refractivity contribution in [1.82, 2.24) is 24.6 Å². The van der Waals surface area contributed by atoms with Crippen molar-refractivity contribution in [3.63, 3.8) is 0 Å². The highest BCUT2D eigenvalue weighted by Gasteiger charge is 2.38. The van der Waals surface area contributed by atoms with Gasteiger partial charge in [0.05, 0.1) is 11.4 Å². The van der Waals surface area contributed by atoms with Crippen molar-refractivity contribution in [2.75, 3.05) is 18.8 Å². The minimum absolute atomic E-state index is 0.0538. The Kier molecular flexibility index (Phi) is 6.40. The average Bonchev–Trinajstić information content (AvgIpc) is 3.57. The van der Waals surface area contributed by atoms with Crippen LogP contribution in [0.4, 0.5) is 10.2 Å². The highest BCUT2D eigenvalue weighted by Crippen LogP contribution is 2.37. The van der Waals surface area contributed by atoms with Crippen molar-refractivity contribution in [3.05, 3.63) is 72.3 Å². The summed E-state index contributed by atoms with van der Waals surface area (Å²) in [6, 6.07) is 15.4. The molecule has 2 aromatic carbocycles. The first kappa shape index (κ1) is 25.5.